The second kappa shape index (κ2) is 7.31. The third-order valence-corrected chi connectivity index (χ3v) is 4.41. The minimum atomic E-state index is -1.69. The SMILES string of the molecule is COCO[C@@]12C#C/C=C\C#C[C@H](O[Si](C)(C)C)C(=CCC1)C2. The standard InChI is InChI=1S/C18H24O3Si/c1-19-15-20-18-12-8-6-5-7-11-17(21-22(2,3)4)16(14-18)10-9-13-18/h5-6,10,17H,9,13-15H2,1-4H3/b6-5-/t17-,18-/m0/s1. The molecule has 0 saturated heterocycles. The first-order valence-corrected chi connectivity index (χ1v) is 11.0. The molecule has 22 heavy (non-hydrogen) atoms. The molecule has 2 aliphatic carbocycles. The van der Waals surface area contributed by atoms with Crippen molar-refractivity contribution < 1.29 is 13.9 Å². The van der Waals surface area contributed by atoms with E-state index in [-0.39, 0.29) is 12.9 Å². The zero-order chi connectivity index (χ0) is 16.1. The average molecular weight is 316 g/mol. The maximum Gasteiger partial charge on any atom is 0.185 e. The molecule has 0 amide bonds. The summed E-state index contributed by atoms with van der Waals surface area (Å²) >= 11 is 0. The van der Waals surface area contributed by atoms with E-state index in [0.717, 1.165) is 19.3 Å². The molecule has 2 atom stereocenters. The second-order valence-electron chi connectivity index (χ2n) is 6.54. The fourth-order valence-electron chi connectivity index (χ4n) is 2.55. The minimum Gasteiger partial charge on any atom is -0.401 e. The molecular weight excluding hydrogens is 292 g/mol. The Hall–Kier alpha value is -1.30. The Bertz CT molecular complexity index is 577. The summed E-state index contributed by atoms with van der Waals surface area (Å²) in [7, 11) is -0.0559. The van der Waals surface area contributed by atoms with Crippen LogP contribution in [0.5, 0.6) is 0 Å². The Labute approximate surface area is 134 Å². The predicted octanol–water partition coefficient (Wildman–Crippen LogP) is 3.25. The number of fused-ring (bicyclic) bond motifs is 2. The highest BCUT2D eigenvalue weighted by Crippen LogP contribution is 2.34. The summed E-state index contributed by atoms with van der Waals surface area (Å²) in [5, 5.41) is 0. The van der Waals surface area contributed by atoms with E-state index in [4.69, 9.17) is 13.9 Å². The van der Waals surface area contributed by atoms with Crippen molar-refractivity contribution in [3.8, 4) is 23.7 Å². The van der Waals surface area contributed by atoms with E-state index in [1.165, 1.54) is 5.57 Å². The fourth-order valence-corrected chi connectivity index (χ4v) is 3.47. The molecule has 0 fully saturated rings. The van der Waals surface area contributed by atoms with Crippen molar-refractivity contribution >= 4 is 8.32 Å². The topological polar surface area (TPSA) is 27.7 Å². The molecule has 2 bridgehead atoms. The van der Waals surface area contributed by atoms with Crippen molar-refractivity contribution in [2.45, 2.75) is 50.6 Å². The van der Waals surface area contributed by atoms with Crippen LogP contribution in [0, 0.1) is 23.7 Å². The Morgan fingerprint density at radius 3 is 2.77 bits per heavy atom. The lowest BCUT2D eigenvalue weighted by Crippen LogP contribution is -2.39. The fraction of sp³-hybridized carbons (Fsp3) is 0.556. The Morgan fingerprint density at radius 1 is 1.27 bits per heavy atom. The van der Waals surface area contributed by atoms with Gasteiger partial charge in [0.25, 0.3) is 0 Å². The van der Waals surface area contributed by atoms with Crippen molar-refractivity contribution in [2.75, 3.05) is 13.9 Å². The van der Waals surface area contributed by atoms with Crippen LogP contribution in [0.25, 0.3) is 0 Å². The molecule has 0 radical (unpaired) electrons. The minimum absolute atomic E-state index is 0.165. The van der Waals surface area contributed by atoms with Gasteiger partial charge >= 0.3 is 0 Å². The van der Waals surface area contributed by atoms with Gasteiger partial charge in [-0.1, -0.05) is 29.8 Å². The molecule has 0 aromatic carbocycles. The van der Waals surface area contributed by atoms with Crippen molar-refractivity contribution in [1.29, 1.82) is 0 Å². The Morgan fingerprint density at radius 2 is 2.05 bits per heavy atom. The van der Waals surface area contributed by atoms with Gasteiger partial charge in [0.2, 0.25) is 0 Å². The van der Waals surface area contributed by atoms with Crippen LogP contribution in [0.15, 0.2) is 23.8 Å². The molecule has 4 heteroatoms. The van der Waals surface area contributed by atoms with E-state index >= 15 is 0 Å². The molecule has 0 N–H and O–H groups in total. The van der Waals surface area contributed by atoms with E-state index in [0.29, 0.717) is 0 Å². The molecule has 0 spiro atoms. The molecule has 0 unspecified atom stereocenters. The smallest absolute Gasteiger partial charge is 0.185 e. The lowest BCUT2D eigenvalue weighted by molar-refractivity contribution is -0.108. The third-order valence-electron chi connectivity index (χ3n) is 3.47. The van der Waals surface area contributed by atoms with Gasteiger partial charge in [-0.15, -0.1) is 0 Å². The molecule has 0 aromatic heterocycles. The monoisotopic (exact) mass is 316 g/mol. The van der Waals surface area contributed by atoms with Crippen molar-refractivity contribution in [3.05, 3.63) is 23.8 Å². The van der Waals surface area contributed by atoms with Crippen LogP contribution in [-0.2, 0) is 13.9 Å². The number of ether oxygens (including phenoxy) is 2. The molecule has 0 heterocycles. The lowest BCUT2D eigenvalue weighted by Gasteiger charge is -2.35. The van der Waals surface area contributed by atoms with Crippen molar-refractivity contribution in [1.82, 2.24) is 0 Å². The summed E-state index contributed by atoms with van der Waals surface area (Å²) < 4.78 is 17.3. The molecule has 2 aliphatic rings. The van der Waals surface area contributed by atoms with Crippen LogP contribution in [0.1, 0.15) is 19.3 Å². The summed E-state index contributed by atoms with van der Waals surface area (Å²) in [6.07, 6.45) is 8.14. The highest BCUT2D eigenvalue weighted by molar-refractivity contribution is 6.69. The van der Waals surface area contributed by atoms with Crippen molar-refractivity contribution in [3.63, 3.8) is 0 Å². The van der Waals surface area contributed by atoms with Gasteiger partial charge in [0, 0.05) is 13.5 Å². The largest absolute Gasteiger partial charge is 0.401 e. The van der Waals surface area contributed by atoms with Crippen LogP contribution < -0.4 is 0 Å². The predicted molar refractivity (Wildman–Crippen MR) is 90.5 cm³/mol. The maximum absolute atomic E-state index is 6.27. The number of hydrogen-bond donors (Lipinski definition) is 0. The van der Waals surface area contributed by atoms with Gasteiger partial charge in [-0.3, -0.25) is 0 Å². The Kier molecular flexibility index (Phi) is 5.67. The van der Waals surface area contributed by atoms with Crippen molar-refractivity contribution in [2.24, 2.45) is 0 Å². The van der Waals surface area contributed by atoms with E-state index < -0.39 is 13.9 Å². The molecule has 0 aliphatic heterocycles. The van der Waals surface area contributed by atoms with Gasteiger partial charge in [-0.05, 0) is 50.2 Å². The number of methoxy groups -OCH3 is 1. The molecule has 0 aromatic rings. The summed E-state index contributed by atoms with van der Waals surface area (Å²) in [5.41, 5.74) is 0.687. The van der Waals surface area contributed by atoms with Gasteiger partial charge in [-0.2, -0.15) is 0 Å². The molecule has 2 rings (SSSR count). The summed E-state index contributed by atoms with van der Waals surface area (Å²) in [5.74, 6) is 12.6. The van der Waals surface area contributed by atoms with E-state index in [2.05, 4.69) is 49.4 Å². The van der Waals surface area contributed by atoms with Gasteiger partial charge in [0.15, 0.2) is 8.32 Å². The zero-order valence-corrected chi connectivity index (χ0v) is 14.9. The van der Waals surface area contributed by atoms with Gasteiger partial charge in [0.05, 0.1) is 0 Å². The number of rotatable bonds is 5. The third kappa shape index (κ3) is 4.86. The average Bonchev–Trinajstić information content (AvgIpc) is 2.46. The van der Waals surface area contributed by atoms with Crippen LogP contribution in [0.3, 0.4) is 0 Å². The van der Waals surface area contributed by atoms with Gasteiger partial charge < -0.3 is 13.9 Å². The zero-order valence-electron chi connectivity index (χ0n) is 13.9. The van der Waals surface area contributed by atoms with E-state index in [1.807, 2.05) is 0 Å². The highest BCUT2D eigenvalue weighted by atomic mass is 28.4. The molecular formula is C18H24O3Si. The number of allylic oxidation sites excluding steroid dienone is 3. The summed E-state index contributed by atoms with van der Waals surface area (Å²) in [6.45, 7) is 6.79. The van der Waals surface area contributed by atoms with Gasteiger partial charge in [-0.25, -0.2) is 0 Å². The van der Waals surface area contributed by atoms with Crippen LogP contribution in [0.2, 0.25) is 19.6 Å². The molecule has 3 nitrogen and oxygen atoms in total. The highest BCUT2D eigenvalue weighted by Gasteiger charge is 2.36. The first-order chi connectivity index (χ1) is 10.4. The molecule has 0 saturated carbocycles. The van der Waals surface area contributed by atoms with E-state index in [9.17, 15) is 0 Å². The first kappa shape index (κ1) is 17.1. The number of hydrogen-bond acceptors (Lipinski definition) is 3. The lowest BCUT2D eigenvalue weighted by atomic mass is 9.82. The maximum atomic E-state index is 6.27. The molecule has 118 valence electrons. The van der Waals surface area contributed by atoms with Crippen LogP contribution >= 0.6 is 0 Å². The second-order valence-corrected chi connectivity index (χ2v) is 11.0. The normalized spacial score (nSPS) is 28.5. The quantitative estimate of drug-likeness (QED) is 0.337. The van der Waals surface area contributed by atoms with Gasteiger partial charge in [0.1, 0.15) is 18.5 Å². The first-order valence-electron chi connectivity index (χ1n) is 7.63. The summed E-state index contributed by atoms with van der Waals surface area (Å²) in [6, 6.07) is 0. The van der Waals surface area contributed by atoms with E-state index in [1.54, 1.807) is 19.3 Å². The van der Waals surface area contributed by atoms with Crippen LogP contribution in [0.4, 0.5) is 0 Å². The summed E-state index contributed by atoms with van der Waals surface area (Å²) in [4.78, 5) is 0. The van der Waals surface area contributed by atoms with Crippen LogP contribution in [-0.4, -0.2) is 33.9 Å². The Balaban J connectivity index is 2.31.